The highest BCUT2D eigenvalue weighted by molar-refractivity contribution is 9.09. The van der Waals surface area contributed by atoms with Crippen molar-refractivity contribution < 1.29 is 33.3 Å². The maximum atomic E-state index is 12.7. The molecule has 0 aliphatic carbocycles. The quantitative estimate of drug-likeness (QED) is 0.326. The Morgan fingerprint density at radius 3 is 1.37 bits per heavy atom. The van der Waals surface area contributed by atoms with Crippen molar-refractivity contribution in [2.45, 2.75) is 105 Å². The average Bonchev–Trinajstić information content (AvgIpc) is 2.56. The highest BCUT2D eigenvalue weighted by Crippen LogP contribution is 2.36. The lowest BCUT2D eigenvalue weighted by Gasteiger charge is -2.44. The Bertz CT molecular complexity index is 639. The van der Waals surface area contributed by atoms with Crippen LogP contribution in [0.2, 0.25) is 0 Å². The lowest BCUT2D eigenvalue weighted by molar-refractivity contribution is -0.240. The van der Waals surface area contributed by atoms with Crippen molar-refractivity contribution >= 4 is 33.8 Å². The zero-order chi connectivity index (χ0) is 23.7. The van der Waals surface area contributed by atoms with Crippen molar-refractivity contribution in [3.63, 3.8) is 0 Å². The number of carbonyl (C=O) groups excluding carboxylic acids is 3. The van der Waals surface area contributed by atoms with E-state index in [9.17, 15) is 14.4 Å². The van der Waals surface area contributed by atoms with Crippen LogP contribution in [0.4, 0.5) is 0 Å². The van der Waals surface area contributed by atoms with Crippen molar-refractivity contribution in [3.05, 3.63) is 0 Å². The van der Waals surface area contributed by atoms with Gasteiger partial charge in [-0.1, -0.05) is 22.9 Å². The molecule has 0 aromatic carbocycles. The van der Waals surface area contributed by atoms with Gasteiger partial charge in [0.05, 0.1) is 22.3 Å². The fourth-order valence-electron chi connectivity index (χ4n) is 2.50. The molecule has 0 spiro atoms. The van der Waals surface area contributed by atoms with Crippen LogP contribution in [0.1, 0.15) is 75.7 Å². The monoisotopic (exact) mass is 492 g/mol. The molecule has 7 nitrogen and oxygen atoms in total. The molecule has 1 fully saturated rings. The van der Waals surface area contributed by atoms with Crippen LogP contribution in [0.5, 0.6) is 0 Å². The summed E-state index contributed by atoms with van der Waals surface area (Å²) < 4.78 is 23.2. The van der Waals surface area contributed by atoms with Crippen LogP contribution >= 0.6 is 15.9 Å². The van der Waals surface area contributed by atoms with E-state index in [4.69, 9.17) is 18.9 Å². The normalized spacial score (nSPS) is 27.9. The zero-order valence-corrected chi connectivity index (χ0v) is 21.4. The fourth-order valence-corrected chi connectivity index (χ4v) is 3.18. The van der Waals surface area contributed by atoms with Crippen LogP contribution in [-0.4, -0.2) is 47.3 Å². The third-order valence-electron chi connectivity index (χ3n) is 4.55. The van der Waals surface area contributed by atoms with Gasteiger partial charge in [-0.2, -0.15) is 0 Å². The largest absolute Gasteiger partial charge is 0.455 e. The topological polar surface area (TPSA) is 88.1 Å². The summed E-state index contributed by atoms with van der Waals surface area (Å²) in [6, 6.07) is 0. The maximum absolute atomic E-state index is 12.7. The second-order valence-corrected chi connectivity index (χ2v) is 11.7. The Hall–Kier alpha value is -1.15. The summed E-state index contributed by atoms with van der Waals surface area (Å²) in [5.41, 5.74) is -2.33. The van der Waals surface area contributed by atoms with Gasteiger partial charge in [-0.05, 0) is 68.7 Å². The van der Waals surface area contributed by atoms with Gasteiger partial charge >= 0.3 is 17.9 Å². The molecule has 1 rings (SSSR count). The molecule has 1 heterocycles. The van der Waals surface area contributed by atoms with Gasteiger partial charge in [-0.3, -0.25) is 14.4 Å². The molecule has 8 heteroatoms. The fraction of sp³-hybridized carbons (Fsp3) is 0.864. The minimum Gasteiger partial charge on any atom is -0.455 e. The molecule has 5 atom stereocenters. The van der Waals surface area contributed by atoms with E-state index < -0.39 is 63.6 Å². The van der Waals surface area contributed by atoms with Crippen LogP contribution in [0.15, 0.2) is 0 Å². The summed E-state index contributed by atoms with van der Waals surface area (Å²) >= 11 is 3.41. The molecule has 0 saturated carbocycles. The minimum absolute atomic E-state index is 0.458. The first-order valence-corrected chi connectivity index (χ1v) is 11.2. The average molecular weight is 493 g/mol. The van der Waals surface area contributed by atoms with E-state index in [-0.39, 0.29) is 0 Å². The van der Waals surface area contributed by atoms with Gasteiger partial charge in [-0.15, -0.1) is 0 Å². The van der Waals surface area contributed by atoms with E-state index in [1.807, 2.05) is 6.92 Å². The number of halogens is 1. The molecule has 0 unspecified atom stereocenters. The molecular formula is C22H37BrO7. The minimum atomic E-state index is -1.02. The molecule has 0 N–H and O–H groups in total. The summed E-state index contributed by atoms with van der Waals surface area (Å²) in [5.74, 6) is -1.42. The van der Waals surface area contributed by atoms with Gasteiger partial charge in [0.1, 0.15) is 0 Å². The highest BCUT2D eigenvalue weighted by atomic mass is 79.9. The summed E-state index contributed by atoms with van der Waals surface area (Å²) in [4.78, 5) is 38.0. The van der Waals surface area contributed by atoms with E-state index in [2.05, 4.69) is 15.9 Å². The van der Waals surface area contributed by atoms with Crippen molar-refractivity contribution in [3.8, 4) is 0 Å². The Balaban J connectivity index is 3.37. The van der Waals surface area contributed by atoms with Crippen LogP contribution < -0.4 is 0 Å². The van der Waals surface area contributed by atoms with E-state index >= 15 is 0 Å². The molecule has 1 aliphatic heterocycles. The standard InChI is InChI=1S/C22H37BrO7/c1-11-12-13(28-17(24)20(2,3)4)14(29-18(25)21(5,6)7)15(16(23)27-12)30-19(26)22(8,9)10/h12-16H,11H2,1-10H3/t12-,13-,14+,15-,16-/m0/s1. The number of hydrogen-bond donors (Lipinski definition) is 0. The van der Waals surface area contributed by atoms with Gasteiger partial charge in [0, 0.05) is 0 Å². The maximum Gasteiger partial charge on any atom is 0.311 e. The number of carbonyl (C=O) groups is 3. The molecule has 0 aromatic rings. The first kappa shape index (κ1) is 26.9. The first-order valence-electron chi connectivity index (χ1n) is 10.3. The second kappa shape index (κ2) is 9.55. The lowest BCUT2D eigenvalue weighted by Crippen LogP contribution is -2.61. The van der Waals surface area contributed by atoms with Crippen LogP contribution in [-0.2, 0) is 33.3 Å². The Kier molecular flexibility index (Phi) is 8.56. The van der Waals surface area contributed by atoms with E-state index in [0.29, 0.717) is 6.42 Å². The molecule has 1 aliphatic rings. The summed E-state index contributed by atoms with van der Waals surface area (Å²) in [6.07, 6.45) is -2.95. The molecular weight excluding hydrogens is 456 g/mol. The van der Waals surface area contributed by atoms with Crippen molar-refractivity contribution in [1.82, 2.24) is 0 Å². The van der Waals surface area contributed by atoms with E-state index in [0.717, 1.165) is 0 Å². The molecule has 30 heavy (non-hydrogen) atoms. The van der Waals surface area contributed by atoms with E-state index in [1.54, 1.807) is 62.3 Å². The Labute approximate surface area is 188 Å². The molecule has 0 aromatic heterocycles. The number of esters is 3. The van der Waals surface area contributed by atoms with Gasteiger partial charge in [0.25, 0.3) is 0 Å². The number of ether oxygens (including phenoxy) is 4. The Morgan fingerprint density at radius 1 is 0.700 bits per heavy atom. The molecule has 0 radical (unpaired) electrons. The second-order valence-electron chi connectivity index (χ2n) is 10.8. The zero-order valence-electron chi connectivity index (χ0n) is 19.8. The highest BCUT2D eigenvalue weighted by Gasteiger charge is 2.52. The van der Waals surface area contributed by atoms with E-state index in [1.165, 1.54) is 0 Å². The number of hydrogen-bond acceptors (Lipinski definition) is 7. The van der Waals surface area contributed by atoms with Crippen LogP contribution in [0.3, 0.4) is 0 Å². The summed E-state index contributed by atoms with van der Waals surface area (Å²) in [7, 11) is 0. The predicted octanol–water partition coefficient (Wildman–Crippen LogP) is 4.39. The summed E-state index contributed by atoms with van der Waals surface area (Å²) in [6.45, 7) is 17.4. The smallest absolute Gasteiger partial charge is 0.311 e. The van der Waals surface area contributed by atoms with Crippen molar-refractivity contribution in [2.24, 2.45) is 16.2 Å². The molecule has 0 bridgehead atoms. The molecule has 0 amide bonds. The number of rotatable bonds is 4. The lowest BCUT2D eigenvalue weighted by atomic mass is 9.93. The SMILES string of the molecule is CC[C@@H]1O[C@H](Br)[C@@H](OC(=O)C(C)(C)C)[C@H](OC(=O)C(C)(C)C)[C@H]1OC(=O)C(C)(C)C. The third kappa shape index (κ3) is 6.94. The number of alkyl halides is 1. The van der Waals surface area contributed by atoms with Crippen molar-refractivity contribution in [1.29, 1.82) is 0 Å². The van der Waals surface area contributed by atoms with Crippen LogP contribution in [0, 0.1) is 16.2 Å². The van der Waals surface area contributed by atoms with Crippen molar-refractivity contribution in [2.75, 3.05) is 0 Å². The summed E-state index contributed by atoms with van der Waals surface area (Å²) in [5, 5.41) is -0.726. The predicted molar refractivity (Wildman–Crippen MR) is 116 cm³/mol. The van der Waals surface area contributed by atoms with Gasteiger partial charge < -0.3 is 18.9 Å². The Morgan fingerprint density at radius 2 is 1.03 bits per heavy atom. The van der Waals surface area contributed by atoms with Gasteiger partial charge in [0.2, 0.25) is 0 Å². The van der Waals surface area contributed by atoms with Gasteiger partial charge in [-0.25, -0.2) is 0 Å². The van der Waals surface area contributed by atoms with Crippen LogP contribution in [0.25, 0.3) is 0 Å². The third-order valence-corrected chi connectivity index (χ3v) is 5.28. The molecule has 1 saturated heterocycles. The first-order chi connectivity index (χ1) is 13.4. The molecule has 174 valence electrons. The van der Waals surface area contributed by atoms with Gasteiger partial charge in [0.15, 0.2) is 23.3 Å².